The molecule has 4 nitrogen and oxygen atoms in total. The van der Waals surface area contributed by atoms with Crippen molar-refractivity contribution in [2.45, 2.75) is 6.54 Å². The van der Waals surface area contributed by atoms with Gasteiger partial charge in [0.2, 0.25) is 0 Å². The number of fused-ring (bicyclic) bond motifs is 1. The van der Waals surface area contributed by atoms with E-state index >= 15 is 0 Å². The lowest BCUT2D eigenvalue weighted by molar-refractivity contribution is 0.481. The summed E-state index contributed by atoms with van der Waals surface area (Å²) in [6.07, 6.45) is 3.53. The van der Waals surface area contributed by atoms with Crippen LogP contribution in [0.2, 0.25) is 0 Å². The van der Waals surface area contributed by atoms with Gasteiger partial charge in [-0.15, -0.1) is 0 Å². The van der Waals surface area contributed by atoms with Gasteiger partial charge < -0.3 is 15.4 Å². The Morgan fingerprint density at radius 1 is 1.11 bits per heavy atom. The number of rotatable bonds is 3. The molecule has 0 bridgehead atoms. The van der Waals surface area contributed by atoms with Gasteiger partial charge in [0.25, 0.3) is 0 Å². The molecular formula is C14H13N3O. The number of aromatic nitrogens is 2. The number of anilines is 1. The maximum Gasteiger partial charge on any atom is 0.125 e. The van der Waals surface area contributed by atoms with Gasteiger partial charge in [0.1, 0.15) is 11.6 Å². The predicted molar refractivity (Wildman–Crippen MR) is 71.5 cm³/mol. The van der Waals surface area contributed by atoms with Crippen molar-refractivity contribution in [2.75, 3.05) is 5.32 Å². The average Bonchev–Trinajstić information content (AvgIpc) is 2.90. The van der Waals surface area contributed by atoms with Gasteiger partial charge >= 0.3 is 0 Å². The molecule has 0 amide bonds. The zero-order valence-corrected chi connectivity index (χ0v) is 9.72. The van der Waals surface area contributed by atoms with E-state index in [9.17, 15) is 5.11 Å². The maximum absolute atomic E-state index is 9.80. The lowest BCUT2D eigenvalue weighted by atomic mass is 10.1. The first-order chi connectivity index (χ1) is 8.84. The zero-order chi connectivity index (χ0) is 12.4. The smallest absolute Gasteiger partial charge is 0.125 e. The highest BCUT2D eigenvalue weighted by Gasteiger charge is 2.04. The van der Waals surface area contributed by atoms with Crippen molar-refractivity contribution in [3.05, 3.63) is 54.6 Å². The van der Waals surface area contributed by atoms with E-state index in [-0.39, 0.29) is 0 Å². The summed E-state index contributed by atoms with van der Waals surface area (Å²) < 4.78 is 0. The molecule has 0 saturated heterocycles. The number of nitrogens with one attached hydrogen (secondary N) is 2. The van der Waals surface area contributed by atoms with Crippen LogP contribution in [-0.4, -0.2) is 15.1 Å². The largest absolute Gasteiger partial charge is 0.507 e. The number of phenols is 1. The van der Waals surface area contributed by atoms with E-state index in [1.807, 2.05) is 30.3 Å². The van der Waals surface area contributed by atoms with Crippen molar-refractivity contribution in [1.82, 2.24) is 9.97 Å². The molecule has 90 valence electrons. The molecule has 3 aromatic rings. The fourth-order valence-corrected chi connectivity index (χ4v) is 2.02. The molecule has 0 radical (unpaired) electrons. The lowest BCUT2D eigenvalue weighted by Gasteiger charge is -2.09. The predicted octanol–water partition coefficient (Wildman–Crippen LogP) is 2.88. The van der Waals surface area contributed by atoms with Crippen molar-refractivity contribution in [3.63, 3.8) is 0 Å². The van der Waals surface area contributed by atoms with Crippen molar-refractivity contribution >= 4 is 16.5 Å². The zero-order valence-electron chi connectivity index (χ0n) is 9.72. The number of phenolic OH excluding ortho intramolecular Hbond substituents is 1. The first-order valence-electron chi connectivity index (χ1n) is 5.77. The number of hydrogen-bond acceptors (Lipinski definition) is 3. The highest BCUT2D eigenvalue weighted by Crippen LogP contribution is 2.29. The van der Waals surface area contributed by atoms with Crippen LogP contribution in [0.4, 0.5) is 5.69 Å². The summed E-state index contributed by atoms with van der Waals surface area (Å²) >= 11 is 0. The van der Waals surface area contributed by atoms with Gasteiger partial charge in [0, 0.05) is 28.9 Å². The number of H-pyrrole nitrogens is 1. The minimum Gasteiger partial charge on any atom is -0.507 e. The molecule has 0 unspecified atom stereocenters. The summed E-state index contributed by atoms with van der Waals surface area (Å²) in [5, 5.41) is 15.0. The van der Waals surface area contributed by atoms with E-state index in [4.69, 9.17) is 0 Å². The number of aromatic amines is 1. The summed E-state index contributed by atoms with van der Waals surface area (Å²) in [7, 11) is 0. The molecule has 4 heteroatoms. The molecule has 0 aliphatic heterocycles. The molecule has 1 heterocycles. The summed E-state index contributed by atoms with van der Waals surface area (Å²) in [5.41, 5.74) is 0.986. The summed E-state index contributed by atoms with van der Waals surface area (Å²) in [6.45, 7) is 0.627. The number of nitrogens with zero attached hydrogens (tertiary/aromatic N) is 1. The van der Waals surface area contributed by atoms with Gasteiger partial charge in [-0.3, -0.25) is 0 Å². The SMILES string of the molecule is Oc1cccc2c(NCc3ncc[nH]3)cccc12. The lowest BCUT2D eigenvalue weighted by Crippen LogP contribution is -2.01. The Kier molecular flexibility index (Phi) is 2.61. The summed E-state index contributed by atoms with van der Waals surface area (Å²) in [4.78, 5) is 7.21. The Hall–Kier alpha value is -2.49. The second kappa shape index (κ2) is 4.41. The first kappa shape index (κ1) is 10.7. The molecule has 0 fully saturated rings. The Morgan fingerprint density at radius 2 is 1.94 bits per heavy atom. The van der Waals surface area contributed by atoms with Crippen molar-refractivity contribution < 1.29 is 5.11 Å². The number of imidazole rings is 1. The van der Waals surface area contributed by atoms with Crippen LogP contribution >= 0.6 is 0 Å². The normalized spacial score (nSPS) is 10.7. The van der Waals surface area contributed by atoms with Crippen LogP contribution in [-0.2, 0) is 6.54 Å². The third-order valence-corrected chi connectivity index (χ3v) is 2.90. The third-order valence-electron chi connectivity index (χ3n) is 2.90. The van der Waals surface area contributed by atoms with E-state index < -0.39 is 0 Å². The van der Waals surface area contributed by atoms with Crippen molar-refractivity contribution in [1.29, 1.82) is 0 Å². The average molecular weight is 239 g/mol. The molecular weight excluding hydrogens is 226 g/mol. The molecule has 0 aliphatic carbocycles. The topological polar surface area (TPSA) is 60.9 Å². The van der Waals surface area contributed by atoms with Crippen LogP contribution in [0.3, 0.4) is 0 Å². The maximum atomic E-state index is 9.80. The van der Waals surface area contributed by atoms with Crippen LogP contribution in [0.1, 0.15) is 5.82 Å². The molecule has 0 aliphatic rings. The van der Waals surface area contributed by atoms with Crippen molar-refractivity contribution in [2.24, 2.45) is 0 Å². The van der Waals surface area contributed by atoms with Crippen LogP contribution in [0.15, 0.2) is 48.8 Å². The second-order valence-corrected chi connectivity index (χ2v) is 4.07. The van der Waals surface area contributed by atoms with Crippen LogP contribution in [0, 0.1) is 0 Å². The molecule has 2 aromatic carbocycles. The fraction of sp³-hybridized carbons (Fsp3) is 0.0714. The molecule has 3 N–H and O–H groups in total. The molecule has 1 aromatic heterocycles. The van der Waals surface area contributed by atoms with E-state index in [0.717, 1.165) is 22.3 Å². The van der Waals surface area contributed by atoms with Crippen LogP contribution in [0.5, 0.6) is 5.75 Å². The highest BCUT2D eigenvalue weighted by molar-refractivity contribution is 5.97. The number of aromatic hydroxyl groups is 1. The van der Waals surface area contributed by atoms with E-state index in [1.54, 1.807) is 18.5 Å². The number of benzene rings is 2. The van der Waals surface area contributed by atoms with Gasteiger partial charge in [-0.2, -0.15) is 0 Å². The van der Waals surface area contributed by atoms with Gasteiger partial charge in [-0.1, -0.05) is 24.3 Å². The van der Waals surface area contributed by atoms with E-state index in [1.165, 1.54) is 0 Å². The number of hydrogen-bond donors (Lipinski definition) is 3. The van der Waals surface area contributed by atoms with E-state index in [0.29, 0.717) is 12.3 Å². The third kappa shape index (κ3) is 1.88. The molecule has 18 heavy (non-hydrogen) atoms. The highest BCUT2D eigenvalue weighted by atomic mass is 16.3. The van der Waals surface area contributed by atoms with Gasteiger partial charge in [-0.25, -0.2) is 4.98 Å². The molecule has 0 saturated carbocycles. The van der Waals surface area contributed by atoms with Gasteiger partial charge in [0.15, 0.2) is 0 Å². The Labute approximate surface area is 104 Å². The molecule has 0 atom stereocenters. The fourth-order valence-electron chi connectivity index (χ4n) is 2.02. The molecule has 3 rings (SSSR count). The van der Waals surface area contributed by atoms with Crippen LogP contribution < -0.4 is 5.32 Å². The van der Waals surface area contributed by atoms with E-state index in [2.05, 4.69) is 15.3 Å². The van der Waals surface area contributed by atoms with Crippen LogP contribution in [0.25, 0.3) is 10.8 Å². The summed E-state index contributed by atoms with van der Waals surface area (Å²) in [6, 6.07) is 11.3. The standard InChI is InChI=1S/C14H13N3O/c18-13-6-2-3-10-11(13)4-1-5-12(10)17-9-14-15-7-8-16-14/h1-8,17-18H,9H2,(H,15,16). The molecule has 0 spiro atoms. The first-order valence-corrected chi connectivity index (χ1v) is 5.77. The minimum atomic E-state index is 0.300. The van der Waals surface area contributed by atoms with Gasteiger partial charge in [-0.05, 0) is 12.1 Å². The quantitative estimate of drug-likeness (QED) is 0.658. The van der Waals surface area contributed by atoms with Gasteiger partial charge in [0.05, 0.1) is 6.54 Å². The Morgan fingerprint density at radius 3 is 2.78 bits per heavy atom. The Balaban J connectivity index is 1.94. The Bertz CT molecular complexity index is 662. The minimum absolute atomic E-state index is 0.300. The monoisotopic (exact) mass is 239 g/mol. The van der Waals surface area contributed by atoms with Crippen molar-refractivity contribution in [3.8, 4) is 5.75 Å². The summed E-state index contributed by atoms with van der Waals surface area (Å²) in [5.74, 6) is 1.18. The second-order valence-electron chi connectivity index (χ2n) is 4.07.